The Labute approximate surface area is 183 Å². The summed E-state index contributed by atoms with van der Waals surface area (Å²) in [5, 5.41) is 3.71. The molecule has 1 aliphatic rings. The second kappa shape index (κ2) is 10.5. The molecule has 0 aliphatic carbocycles. The van der Waals surface area contributed by atoms with E-state index in [1.807, 2.05) is 49.3 Å². The Balaban J connectivity index is 1.46. The molecule has 1 heterocycles. The lowest BCUT2D eigenvalue weighted by Crippen LogP contribution is -2.54. The van der Waals surface area contributed by atoms with Crippen LogP contribution in [0.2, 0.25) is 5.02 Å². The van der Waals surface area contributed by atoms with Crippen molar-refractivity contribution >= 4 is 23.5 Å². The molecule has 3 amide bonds. The summed E-state index contributed by atoms with van der Waals surface area (Å²) >= 11 is 5.90. The summed E-state index contributed by atoms with van der Waals surface area (Å²) < 4.78 is 0. The van der Waals surface area contributed by atoms with Gasteiger partial charge in [0.25, 0.3) is 0 Å². The van der Waals surface area contributed by atoms with Gasteiger partial charge in [-0.2, -0.15) is 0 Å². The second-order valence-electron chi connectivity index (χ2n) is 7.75. The van der Waals surface area contributed by atoms with Gasteiger partial charge in [-0.1, -0.05) is 54.1 Å². The number of likely N-dealkylation sites (N-methyl/N-ethyl adjacent to an activating group) is 1. The Kier molecular flexibility index (Phi) is 7.71. The Bertz CT molecular complexity index is 834. The molecule has 2 aromatic carbocycles. The molecule has 2 aromatic rings. The van der Waals surface area contributed by atoms with Crippen LogP contribution in [0.3, 0.4) is 0 Å². The van der Waals surface area contributed by atoms with Crippen molar-refractivity contribution in [3.63, 3.8) is 0 Å². The van der Waals surface area contributed by atoms with E-state index >= 15 is 0 Å². The molecule has 1 aliphatic heterocycles. The minimum Gasteiger partial charge on any atom is -0.339 e. The standard InChI is InChI=1S/C23H29ClN4O2/c1-26(2)21(19-6-4-3-5-7-19)17-25-23(30)28-14-12-27(13-15-28)22(29)16-18-8-10-20(24)11-9-18/h3-11,21H,12-17H2,1-2H3,(H,25,30). The Morgan fingerprint density at radius 2 is 1.57 bits per heavy atom. The number of nitrogens with one attached hydrogen (secondary N) is 1. The molecular formula is C23H29ClN4O2. The van der Waals surface area contributed by atoms with E-state index < -0.39 is 0 Å². The maximum Gasteiger partial charge on any atom is 0.317 e. The fraction of sp³-hybridized carbons (Fsp3) is 0.391. The highest BCUT2D eigenvalue weighted by molar-refractivity contribution is 6.30. The number of nitrogens with zero attached hydrogens (tertiary/aromatic N) is 3. The van der Waals surface area contributed by atoms with Crippen molar-refractivity contribution in [2.24, 2.45) is 0 Å². The van der Waals surface area contributed by atoms with Crippen LogP contribution < -0.4 is 5.32 Å². The zero-order valence-electron chi connectivity index (χ0n) is 17.6. The van der Waals surface area contributed by atoms with Gasteiger partial charge in [0.05, 0.1) is 12.5 Å². The number of carbonyl (C=O) groups is 2. The van der Waals surface area contributed by atoms with E-state index in [-0.39, 0.29) is 18.0 Å². The fourth-order valence-electron chi connectivity index (χ4n) is 3.62. The highest BCUT2D eigenvalue weighted by Gasteiger charge is 2.25. The van der Waals surface area contributed by atoms with Crippen molar-refractivity contribution < 1.29 is 9.59 Å². The summed E-state index contributed by atoms with van der Waals surface area (Å²) in [6.07, 6.45) is 0.352. The SMILES string of the molecule is CN(C)C(CNC(=O)N1CCN(C(=O)Cc2ccc(Cl)cc2)CC1)c1ccccc1. The number of hydrogen-bond donors (Lipinski definition) is 1. The molecule has 0 spiro atoms. The van der Waals surface area contributed by atoms with Crippen LogP contribution >= 0.6 is 11.6 Å². The average Bonchev–Trinajstić information content (AvgIpc) is 2.76. The Hall–Kier alpha value is -2.57. The number of urea groups is 1. The molecule has 6 nitrogen and oxygen atoms in total. The third-order valence-corrected chi connectivity index (χ3v) is 5.69. The van der Waals surface area contributed by atoms with Gasteiger partial charge in [0.1, 0.15) is 0 Å². The summed E-state index contributed by atoms with van der Waals surface area (Å²) in [7, 11) is 4.02. The van der Waals surface area contributed by atoms with E-state index in [2.05, 4.69) is 22.3 Å². The fourth-order valence-corrected chi connectivity index (χ4v) is 3.74. The number of piperazine rings is 1. The normalized spacial score (nSPS) is 15.2. The van der Waals surface area contributed by atoms with Gasteiger partial charge in [0.15, 0.2) is 0 Å². The molecule has 0 bridgehead atoms. The van der Waals surface area contributed by atoms with Crippen LogP contribution in [0.4, 0.5) is 4.79 Å². The molecule has 1 fully saturated rings. The summed E-state index contributed by atoms with van der Waals surface area (Å²) in [5.41, 5.74) is 2.11. The average molecular weight is 429 g/mol. The van der Waals surface area contributed by atoms with Gasteiger partial charge in [-0.3, -0.25) is 4.79 Å². The predicted octanol–water partition coefficient (Wildman–Crippen LogP) is 3.04. The molecule has 0 aromatic heterocycles. The molecule has 0 radical (unpaired) electrons. The quantitative estimate of drug-likeness (QED) is 0.769. The third-order valence-electron chi connectivity index (χ3n) is 5.44. The van der Waals surface area contributed by atoms with Crippen molar-refractivity contribution in [1.29, 1.82) is 0 Å². The molecule has 3 rings (SSSR count). The predicted molar refractivity (Wildman–Crippen MR) is 120 cm³/mol. The molecule has 1 unspecified atom stereocenters. The molecule has 1 atom stereocenters. The van der Waals surface area contributed by atoms with Crippen LogP contribution in [0.15, 0.2) is 54.6 Å². The smallest absolute Gasteiger partial charge is 0.317 e. The van der Waals surface area contributed by atoms with Gasteiger partial charge >= 0.3 is 6.03 Å². The number of amides is 3. The number of benzene rings is 2. The van der Waals surface area contributed by atoms with Crippen molar-refractivity contribution in [3.8, 4) is 0 Å². The van der Waals surface area contributed by atoms with E-state index in [0.717, 1.165) is 5.56 Å². The van der Waals surface area contributed by atoms with E-state index in [1.165, 1.54) is 5.56 Å². The molecule has 30 heavy (non-hydrogen) atoms. The summed E-state index contributed by atoms with van der Waals surface area (Å²) in [6.45, 7) is 2.71. The molecule has 160 valence electrons. The van der Waals surface area contributed by atoms with E-state index in [0.29, 0.717) is 44.2 Å². The minimum atomic E-state index is -0.0809. The van der Waals surface area contributed by atoms with Crippen molar-refractivity contribution in [2.75, 3.05) is 46.8 Å². The van der Waals surface area contributed by atoms with Crippen LogP contribution in [-0.4, -0.2) is 73.5 Å². The number of hydrogen-bond acceptors (Lipinski definition) is 3. The zero-order valence-corrected chi connectivity index (χ0v) is 18.3. The maximum absolute atomic E-state index is 12.6. The van der Waals surface area contributed by atoms with E-state index in [9.17, 15) is 9.59 Å². The molecule has 0 saturated carbocycles. The van der Waals surface area contributed by atoms with Crippen molar-refractivity contribution in [2.45, 2.75) is 12.5 Å². The maximum atomic E-state index is 12.6. The van der Waals surface area contributed by atoms with Gasteiger partial charge in [0, 0.05) is 37.7 Å². The van der Waals surface area contributed by atoms with Crippen LogP contribution in [0.5, 0.6) is 0 Å². The first-order valence-electron chi connectivity index (χ1n) is 10.2. The largest absolute Gasteiger partial charge is 0.339 e. The molecular weight excluding hydrogens is 400 g/mol. The number of halogens is 1. The van der Waals surface area contributed by atoms with Crippen LogP contribution in [0, 0.1) is 0 Å². The van der Waals surface area contributed by atoms with Crippen LogP contribution in [-0.2, 0) is 11.2 Å². The monoisotopic (exact) mass is 428 g/mol. The first-order valence-corrected chi connectivity index (χ1v) is 10.6. The summed E-state index contributed by atoms with van der Waals surface area (Å²) in [4.78, 5) is 30.9. The van der Waals surface area contributed by atoms with Crippen LogP contribution in [0.25, 0.3) is 0 Å². The number of rotatable bonds is 6. The Morgan fingerprint density at radius 1 is 0.967 bits per heavy atom. The van der Waals surface area contributed by atoms with E-state index in [4.69, 9.17) is 11.6 Å². The Morgan fingerprint density at radius 3 is 2.17 bits per heavy atom. The van der Waals surface area contributed by atoms with Gasteiger partial charge < -0.3 is 20.0 Å². The number of carbonyl (C=O) groups excluding carboxylic acids is 2. The lowest BCUT2D eigenvalue weighted by Gasteiger charge is -2.35. The molecule has 1 saturated heterocycles. The highest BCUT2D eigenvalue weighted by atomic mass is 35.5. The molecule has 1 N–H and O–H groups in total. The first-order chi connectivity index (χ1) is 14.4. The highest BCUT2D eigenvalue weighted by Crippen LogP contribution is 2.17. The third kappa shape index (κ3) is 5.97. The minimum absolute atomic E-state index is 0.0779. The lowest BCUT2D eigenvalue weighted by atomic mass is 10.1. The topological polar surface area (TPSA) is 55.9 Å². The lowest BCUT2D eigenvalue weighted by molar-refractivity contribution is -0.131. The van der Waals surface area contributed by atoms with Gasteiger partial charge in [0.2, 0.25) is 5.91 Å². The van der Waals surface area contributed by atoms with Crippen molar-refractivity contribution in [3.05, 3.63) is 70.7 Å². The summed E-state index contributed by atoms with van der Waals surface area (Å²) in [5.74, 6) is 0.0779. The first kappa shape index (κ1) is 22.1. The second-order valence-corrected chi connectivity index (χ2v) is 8.18. The molecule has 7 heteroatoms. The van der Waals surface area contributed by atoms with Gasteiger partial charge in [-0.15, -0.1) is 0 Å². The van der Waals surface area contributed by atoms with Gasteiger partial charge in [-0.05, 0) is 37.4 Å². The summed E-state index contributed by atoms with van der Waals surface area (Å²) in [6, 6.07) is 17.5. The van der Waals surface area contributed by atoms with E-state index in [1.54, 1.807) is 17.0 Å². The zero-order chi connectivity index (χ0) is 21.5. The van der Waals surface area contributed by atoms with Crippen molar-refractivity contribution in [1.82, 2.24) is 20.0 Å². The van der Waals surface area contributed by atoms with Crippen LogP contribution in [0.1, 0.15) is 17.2 Å². The van der Waals surface area contributed by atoms with Gasteiger partial charge in [-0.25, -0.2) is 4.79 Å².